The molecule has 1 atom stereocenters. The Kier molecular flexibility index (Phi) is 5.96. The molecule has 1 aliphatic heterocycles. The van der Waals surface area contributed by atoms with Crippen molar-refractivity contribution in [1.82, 2.24) is 15.6 Å². The molecule has 146 valence electrons. The van der Waals surface area contributed by atoms with Crippen LogP contribution in [0.4, 0.5) is 10.3 Å². The minimum Gasteiger partial charge on any atom is -0.357 e. The fourth-order valence-corrected chi connectivity index (χ4v) is 4.46. The van der Waals surface area contributed by atoms with Crippen LogP contribution in [0.25, 0.3) is 0 Å². The second-order valence-electron chi connectivity index (χ2n) is 7.20. The average Bonchev–Trinajstić information content (AvgIpc) is 3.16. The Morgan fingerprint density at radius 2 is 1.89 bits per heavy atom. The van der Waals surface area contributed by atoms with E-state index in [0.29, 0.717) is 29.6 Å². The zero-order chi connectivity index (χ0) is 19.2. The summed E-state index contributed by atoms with van der Waals surface area (Å²) in [7, 11) is 0. The lowest BCUT2D eigenvalue weighted by Gasteiger charge is -2.33. The molecular weight excluding hydrogens is 372 g/mol. The normalized spacial score (nSPS) is 23.8. The average molecular weight is 397 g/mol. The summed E-state index contributed by atoms with van der Waals surface area (Å²) in [6.45, 7) is 0. The highest BCUT2D eigenvalue weighted by Crippen LogP contribution is 2.31. The number of anilines is 2. The Morgan fingerprint density at radius 1 is 1.11 bits per heavy atom. The van der Waals surface area contributed by atoms with Crippen LogP contribution in [0.3, 0.4) is 0 Å². The molecule has 1 saturated carbocycles. The lowest BCUT2D eigenvalue weighted by atomic mass is 9.81. The van der Waals surface area contributed by atoms with E-state index in [1.165, 1.54) is 11.3 Å². The molecule has 4 rings (SSSR count). The van der Waals surface area contributed by atoms with Gasteiger partial charge in [0.1, 0.15) is 0 Å². The van der Waals surface area contributed by atoms with Crippen LogP contribution in [0.15, 0.2) is 47.6 Å². The van der Waals surface area contributed by atoms with Gasteiger partial charge in [0.2, 0.25) is 16.2 Å². The van der Waals surface area contributed by atoms with Crippen molar-refractivity contribution in [1.29, 1.82) is 0 Å². The van der Waals surface area contributed by atoms with Crippen LogP contribution >= 0.6 is 11.3 Å². The van der Waals surface area contributed by atoms with Crippen LogP contribution in [-0.4, -0.2) is 34.4 Å². The Bertz CT molecular complexity index is 841. The highest BCUT2D eigenvalue weighted by Gasteiger charge is 2.27. The molecule has 8 heteroatoms. The number of hydrogen-bond donors (Lipinski definition) is 3. The van der Waals surface area contributed by atoms with Crippen LogP contribution in [0, 0.1) is 5.92 Å². The van der Waals surface area contributed by atoms with Crippen molar-refractivity contribution in [3.63, 3.8) is 0 Å². The Labute approximate surface area is 168 Å². The predicted octanol–water partition coefficient (Wildman–Crippen LogP) is 3.20. The summed E-state index contributed by atoms with van der Waals surface area (Å²) in [4.78, 5) is 12.2. The van der Waals surface area contributed by atoms with E-state index in [4.69, 9.17) is 0 Å². The molecule has 1 fully saturated rings. The summed E-state index contributed by atoms with van der Waals surface area (Å²) in [6.07, 6.45) is 10.8. The number of rotatable bonds is 6. The minimum atomic E-state index is -0.0786. The van der Waals surface area contributed by atoms with Crippen molar-refractivity contribution in [3.05, 3.63) is 48.0 Å². The van der Waals surface area contributed by atoms with Gasteiger partial charge in [0.25, 0.3) is 0 Å². The van der Waals surface area contributed by atoms with E-state index in [-0.39, 0.29) is 5.91 Å². The topological polar surface area (TPSA) is 91.3 Å². The van der Waals surface area contributed by atoms with E-state index in [1.54, 1.807) is 6.21 Å². The molecule has 3 N–H and O–H groups in total. The van der Waals surface area contributed by atoms with Gasteiger partial charge >= 0.3 is 0 Å². The smallest absolute Gasteiger partial charge is 0.230 e. The molecule has 2 aliphatic rings. The molecule has 0 unspecified atom stereocenters. The predicted molar refractivity (Wildman–Crippen MR) is 113 cm³/mol. The zero-order valence-corrected chi connectivity index (χ0v) is 16.4. The van der Waals surface area contributed by atoms with Gasteiger partial charge < -0.3 is 16.1 Å². The molecule has 0 radical (unpaired) electrons. The van der Waals surface area contributed by atoms with Crippen LogP contribution in [0.5, 0.6) is 0 Å². The summed E-state index contributed by atoms with van der Waals surface area (Å²) < 4.78 is 0. The van der Waals surface area contributed by atoms with Gasteiger partial charge in [0, 0.05) is 12.3 Å². The van der Waals surface area contributed by atoms with Crippen molar-refractivity contribution in [2.45, 2.75) is 44.2 Å². The maximum absolute atomic E-state index is 12.2. The summed E-state index contributed by atoms with van der Waals surface area (Å²) in [5.74, 6) is 0.541. The molecule has 0 saturated heterocycles. The van der Waals surface area contributed by atoms with Gasteiger partial charge in [-0.3, -0.25) is 4.79 Å². The van der Waals surface area contributed by atoms with Gasteiger partial charge in [-0.25, -0.2) is 0 Å². The number of carbonyl (C=O) groups is 1. The Hall–Kier alpha value is -2.74. The van der Waals surface area contributed by atoms with Gasteiger partial charge in [0.15, 0.2) is 0 Å². The number of carbonyl (C=O) groups excluding carboxylic acids is 1. The third kappa shape index (κ3) is 4.95. The molecule has 2 heterocycles. The number of hydrogen-bond acceptors (Lipinski definition) is 7. The lowest BCUT2D eigenvalue weighted by Crippen LogP contribution is -2.37. The molecular formula is C20H24N6OS. The molecule has 1 amide bonds. The van der Waals surface area contributed by atoms with Gasteiger partial charge in [0.05, 0.1) is 12.5 Å². The largest absolute Gasteiger partial charge is 0.357 e. The van der Waals surface area contributed by atoms with Crippen molar-refractivity contribution in [3.8, 4) is 0 Å². The van der Waals surface area contributed by atoms with Gasteiger partial charge in [-0.15, -0.1) is 10.2 Å². The lowest BCUT2D eigenvalue weighted by molar-refractivity contribution is -0.115. The highest BCUT2D eigenvalue weighted by molar-refractivity contribution is 7.19. The summed E-state index contributed by atoms with van der Waals surface area (Å²) in [5, 5.41) is 20.0. The first-order valence-corrected chi connectivity index (χ1v) is 10.5. The van der Waals surface area contributed by atoms with Crippen molar-refractivity contribution in [2.75, 3.05) is 10.6 Å². The summed E-state index contributed by atoms with van der Waals surface area (Å²) in [5.41, 5.74) is 4.17. The van der Waals surface area contributed by atoms with Crippen molar-refractivity contribution >= 4 is 33.7 Å². The quantitative estimate of drug-likeness (QED) is 0.697. The first kappa shape index (κ1) is 18.6. The van der Waals surface area contributed by atoms with Crippen molar-refractivity contribution < 1.29 is 4.79 Å². The molecule has 7 nitrogen and oxygen atoms in total. The SMILES string of the molecule is O=C(Cc1ccccc1)Nc1nnc(NC2CCC([C@H]3C=CC=NN3)CC2)s1. The third-order valence-electron chi connectivity index (χ3n) is 5.19. The zero-order valence-electron chi connectivity index (χ0n) is 15.5. The van der Waals surface area contributed by atoms with Crippen LogP contribution < -0.4 is 16.1 Å². The fraction of sp³-hybridized carbons (Fsp3) is 0.400. The second kappa shape index (κ2) is 8.97. The number of benzene rings is 1. The molecule has 1 aromatic carbocycles. The van der Waals surface area contributed by atoms with Crippen LogP contribution in [0.2, 0.25) is 0 Å². The third-order valence-corrected chi connectivity index (χ3v) is 5.96. The molecule has 0 spiro atoms. The van der Waals surface area contributed by atoms with Gasteiger partial charge in [-0.05, 0) is 43.2 Å². The molecule has 2 aromatic rings. The first-order valence-electron chi connectivity index (χ1n) is 9.65. The maximum atomic E-state index is 12.2. The van der Waals surface area contributed by atoms with Crippen molar-refractivity contribution in [2.24, 2.45) is 11.0 Å². The highest BCUT2D eigenvalue weighted by atomic mass is 32.1. The van der Waals surface area contributed by atoms with Crippen LogP contribution in [0.1, 0.15) is 31.2 Å². The Balaban J connectivity index is 1.23. The van der Waals surface area contributed by atoms with E-state index in [2.05, 4.69) is 37.4 Å². The van der Waals surface area contributed by atoms with Gasteiger partial charge in [-0.2, -0.15) is 5.10 Å². The standard InChI is InChI=1S/C20H24N6OS/c27-18(13-14-5-2-1-3-6-14)23-20-26-25-19(28-20)22-16-10-8-15(9-11-16)17-7-4-12-21-24-17/h1-7,12,15-17,24H,8-11,13H2,(H,22,25)(H,23,26,27)/t15?,16?,17-/m1/s1. The second-order valence-corrected chi connectivity index (χ2v) is 8.17. The van der Waals surface area contributed by atoms with Crippen LogP contribution in [-0.2, 0) is 11.2 Å². The number of amides is 1. The van der Waals surface area contributed by atoms with E-state index in [0.717, 1.165) is 36.4 Å². The summed E-state index contributed by atoms with van der Waals surface area (Å²) in [6, 6.07) is 10.4. The van der Waals surface area contributed by atoms with E-state index >= 15 is 0 Å². The number of allylic oxidation sites excluding steroid dienone is 1. The molecule has 1 aromatic heterocycles. The molecule has 0 bridgehead atoms. The summed E-state index contributed by atoms with van der Waals surface area (Å²) >= 11 is 1.39. The fourth-order valence-electron chi connectivity index (χ4n) is 3.72. The molecule has 1 aliphatic carbocycles. The number of hydrazone groups is 1. The Morgan fingerprint density at radius 3 is 2.64 bits per heavy atom. The van der Waals surface area contributed by atoms with E-state index < -0.39 is 0 Å². The number of nitrogens with one attached hydrogen (secondary N) is 3. The van der Waals surface area contributed by atoms with Gasteiger partial charge in [-0.1, -0.05) is 47.7 Å². The minimum absolute atomic E-state index is 0.0786. The maximum Gasteiger partial charge on any atom is 0.230 e. The van der Waals surface area contributed by atoms with E-state index in [9.17, 15) is 4.79 Å². The first-order chi connectivity index (χ1) is 13.8. The van der Waals surface area contributed by atoms with E-state index in [1.807, 2.05) is 36.4 Å². The monoisotopic (exact) mass is 396 g/mol. The molecule has 28 heavy (non-hydrogen) atoms. The number of nitrogens with zero attached hydrogens (tertiary/aromatic N) is 3. The number of aromatic nitrogens is 2.